The van der Waals surface area contributed by atoms with E-state index in [1.54, 1.807) is 30.3 Å². The predicted molar refractivity (Wildman–Crippen MR) is 153 cm³/mol. The Morgan fingerprint density at radius 2 is 1.64 bits per heavy atom. The SMILES string of the molecule is Cc1cc(C(=O)Oc2ccc(B3OCCCO3)cc2)ccc1OCCCCOC(=O)C(CC(C)C)C(C)(C)C. The van der Waals surface area contributed by atoms with Gasteiger partial charge in [-0.1, -0.05) is 46.8 Å². The Morgan fingerprint density at radius 3 is 2.26 bits per heavy atom. The number of esters is 2. The van der Waals surface area contributed by atoms with Gasteiger partial charge in [0.25, 0.3) is 0 Å². The molecule has 0 saturated carbocycles. The molecule has 0 amide bonds. The van der Waals surface area contributed by atoms with Gasteiger partial charge in [0.05, 0.1) is 24.7 Å². The van der Waals surface area contributed by atoms with Crippen LogP contribution in [0.25, 0.3) is 0 Å². The lowest BCUT2D eigenvalue weighted by Gasteiger charge is -2.30. The fourth-order valence-corrected chi connectivity index (χ4v) is 4.41. The van der Waals surface area contributed by atoms with Gasteiger partial charge >= 0.3 is 19.1 Å². The van der Waals surface area contributed by atoms with Gasteiger partial charge in [-0.05, 0) is 85.3 Å². The number of carbonyl (C=O) groups excluding carboxylic acids is 2. The molecule has 1 aliphatic rings. The molecule has 0 radical (unpaired) electrons. The van der Waals surface area contributed by atoms with Crippen LogP contribution in [0.1, 0.15) is 76.2 Å². The Morgan fingerprint density at radius 1 is 0.974 bits per heavy atom. The number of aryl methyl sites for hydroxylation is 1. The molecule has 39 heavy (non-hydrogen) atoms. The Bertz CT molecular complexity index is 1070. The summed E-state index contributed by atoms with van der Waals surface area (Å²) < 4.78 is 28.2. The fourth-order valence-electron chi connectivity index (χ4n) is 4.41. The number of ether oxygens (including phenoxy) is 3. The molecule has 1 atom stereocenters. The second-order valence-electron chi connectivity index (χ2n) is 11.6. The molecule has 0 N–H and O–H groups in total. The van der Waals surface area contributed by atoms with Crippen LogP contribution in [0.3, 0.4) is 0 Å². The molecule has 1 saturated heterocycles. The van der Waals surface area contributed by atoms with Crippen molar-refractivity contribution in [3.63, 3.8) is 0 Å². The molecule has 1 aliphatic heterocycles. The first kappa shape index (κ1) is 30.7. The zero-order valence-corrected chi connectivity index (χ0v) is 24.3. The predicted octanol–water partition coefficient (Wildman–Crippen LogP) is 5.76. The Balaban J connectivity index is 1.41. The zero-order chi connectivity index (χ0) is 28.4. The first-order chi connectivity index (χ1) is 18.5. The highest BCUT2D eigenvalue weighted by Crippen LogP contribution is 2.32. The molecule has 7 nitrogen and oxygen atoms in total. The summed E-state index contributed by atoms with van der Waals surface area (Å²) in [5.41, 5.74) is 2.07. The summed E-state index contributed by atoms with van der Waals surface area (Å²) in [6, 6.07) is 12.4. The van der Waals surface area contributed by atoms with Gasteiger partial charge in [-0.2, -0.15) is 0 Å². The minimum atomic E-state index is -0.435. The second kappa shape index (κ2) is 14.5. The smallest absolute Gasteiger partial charge is 0.493 e. The van der Waals surface area contributed by atoms with E-state index in [4.69, 9.17) is 23.5 Å². The molecule has 8 heteroatoms. The quantitative estimate of drug-likeness (QED) is 0.147. The second-order valence-corrected chi connectivity index (χ2v) is 11.6. The summed E-state index contributed by atoms with van der Waals surface area (Å²) in [6.45, 7) is 14.6. The standard InChI is InChI=1S/C31H43BO7/c1-22(2)20-27(31(4,5)6)30(34)36-17-8-7-16-35-28-15-10-24(21-23(28)3)29(33)39-26-13-11-25(12-14-26)32-37-18-9-19-38-32/h10-15,21-22,27H,7-9,16-20H2,1-6H3. The topological polar surface area (TPSA) is 80.3 Å². The average Bonchev–Trinajstić information content (AvgIpc) is 2.90. The number of hydrogen-bond acceptors (Lipinski definition) is 7. The van der Waals surface area contributed by atoms with Gasteiger partial charge in [0.1, 0.15) is 11.5 Å². The Kier molecular flexibility index (Phi) is 11.4. The number of hydrogen-bond donors (Lipinski definition) is 0. The van der Waals surface area contributed by atoms with Crippen molar-refractivity contribution in [2.75, 3.05) is 26.4 Å². The van der Waals surface area contributed by atoms with Crippen LogP contribution < -0.4 is 14.9 Å². The van der Waals surface area contributed by atoms with Crippen molar-refractivity contribution in [2.45, 2.75) is 67.2 Å². The van der Waals surface area contributed by atoms with E-state index in [9.17, 15) is 9.59 Å². The van der Waals surface area contributed by atoms with Gasteiger partial charge in [-0.25, -0.2) is 4.79 Å². The average molecular weight is 538 g/mol. The monoisotopic (exact) mass is 538 g/mol. The highest BCUT2D eigenvalue weighted by molar-refractivity contribution is 6.61. The summed E-state index contributed by atoms with van der Waals surface area (Å²) >= 11 is 0. The van der Waals surface area contributed by atoms with Gasteiger partial charge in [0.15, 0.2) is 0 Å². The molecular formula is C31H43BO7. The minimum Gasteiger partial charge on any atom is -0.493 e. The van der Waals surface area contributed by atoms with Gasteiger partial charge in [0, 0.05) is 13.2 Å². The van der Waals surface area contributed by atoms with Crippen LogP contribution in [0.4, 0.5) is 0 Å². The molecule has 2 aromatic rings. The van der Waals surface area contributed by atoms with Crippen molar-refractivity contribution >= 4 is 24.5 Å². The third-order valence-corrected chi connectivity index (χ3v) is 6.68. The summed E-state index contributed by atoms with van der Waals surface area (Å²) in [6.07, 6.45) is 3.20. The normalized spacial score (nSPS) is 14.7. The van der Waals surface area contributed by atoms with Crippen LogP contribution in [0.5, 0.6) is 11.5 Å². The zero-order valence-electron chi connectivity index (χ0n) is 24.3. The van der Waals surface area contributed by atoms with Gasteiger partial charge in [0.2, 0.25) is 0 Å². The molecule has 2 aromatic carbocycles. The van der Waals surface area contributed by atoms with Crippen molar-refractivity contribution in [3.8, 4) is 11.5 Å². The van der Waals surface area contributed by atoms with E-state index >= 15 is 0 Å². The minimum absolute atomic E-state index is 0.105. The maximum Gasteiger partial charge on any atom is 0.493 e. The first-order valence-corrected chi connectivity index (χ1v) is 14.0. The maximum absolute atomic E-state index is 12.7. The summed E-state index contributed by atoms with van der Waals surface area (Å²) in [5.74, 6) is 0.956. The largest absolute Gasteiger partial charge is 0.493 e. The van der Waals surface area contributed by atoms with E-state index in [0.29, 0.717) is 49.4 Å². The molecule has 0 aromatic heterocycles. The van der Waals surface area contributed by atoms with E-state index in [0.717, 1.165) is 36.7 Å². The number of unbranched alkanes of at least 4 members (excludes halogenated alkanes) is 1. The van der Waals surface area contributed by atoms with Crippen molar-refractivity contribution in [2.24, 2.45) is 17.3 Å². The highest BCUT2D eigenvalue weighted by atomic mass is 16.6. The number of rotatable bonds is 12. The first-order valence-electron chi connectivity index (χ1n) is 14.0. The van der Waals surface area contributed by atoms with Crippen molar-refractivity contribution in [1.29, 1.82) is 0 Å². The van der Waals surface area contributed by atoms with Crippen LogP contribution in [-0.4, -0.2) is 45.5 Å². The molecule has 0 aliphatic carbocycles. The van der Waals surface area contributed by atoms with Gasteiger partial charge in [-0.15, -0.1) is 0 Å². The highest BCUT2D eigenvalue weighted by Gasteiger charge is 2.33. The number of carbonyl (C=O) groups is 2. The lowest BCUT2D eigenvalue weighted by Crippen LogP contribution is -2.40. The third kappa shape index (κ3) is 9.69. The third-order valence-electron chi connectivity index (χ3n) is 6.68. The summed E-state index contributed by atoms with van der Waals surface area (Å²) in [7, 11) is -0.371. The van der Waals surface area contributed by atoms with Crippen LogP contribution in [0, 0.1) is 24.2 Å². The van der Waals surface area contributed by atoms with E-state index in [1.807, 2.05) is 19.1 Å². The lowest BCUT2D eigenvalue weighted by molar-refractivity contribution is -0.153. The van der Waals surface area contributed by atoms with Gasteiger partial charge in [-0.3, -0.25) is 4.79 Å². The lowest BCUT2D eigenvalue weighted by atomic mass is 9.76. The molecule has 1 heterocycles. The Labute approximate surface area is 233 Å². The summed E-state index contributed by atoms with van der Waals surface area (Å²) in [5, 5.41) is 0. The van der Waals surface area contributed by atoms with Crippen molar-refractivity contribution < 1.29 is 33.1 Å². The molecule has 212 valence electrons. The van der Waals surface area contributed by atoms with E-state index in [-0.39, 0.29) is 24.4 Å². The maximum atomic E-state index is 12.7. The van der Waals surface area contributed by atoms with Crippen molar-refractivity contribution in [3.05, 3.63) is 53.6 Å². The van der Waals surface area contributed by atoms with Crippen molar-refractivity contribution in [1.82, 2.24) is 0 Å². The van der Waals surface area contributed by atoms with E-state index in [2.05, 4.69) is 34.6 Å². The van der Waals surface area contributed by atoms with Crippen LogP contribution >= 0.6 is 0 Å². The fraction of sp³-hybridized carbons (Fsp3) is 0.548. The Hall–Kier alpha value is -2.84. The summed E-state index contributed by atoms with van der Waals surface area (Å²) in [4.78, 5) is 25.3. The molecule has 1 unspecified atom stereocenters. The van der Waals surface area contributed by atoms with E-state index < -0.39 is 5.97 Å². The molecule has 3 rings (SSSR count). The van der Waals surface area contributed by atoms with E-state index in [1.165, 1.54) is 0 Å². The van der Waals surface area contributed by atoms with Crippen LogP contribution in [-0.2, 0) is 18.8 Å². The van der Waals surface area contributed by atoms with Crippen LogP contribution in [0.2, 0.25) is 0 Å². The molecular weight excluding hydrogens is 495 g/mol. The molecule has 1 fully saturated rings. The van der Waals surface area contributed by atoms with Crippen LogP contribution in [0.15, 0.2) is 42.5 Å². The molecule has 0 spiro atoms. The molecule has 0 bridgehead atoms. The van der Waals surface area contributed by atoms with Gasteiger partial charge < -0.3 is 23.5 Å². The number of benzene rings is 2.